The first kappa shape index (κ1) is 20.3. The van der Waals surface area contributed by atoms with E-state index in [0.717, 1.165) is 56.1 Å². The number of aliphatic hydroxyl groups excluding tert-OH is 1. The number of hydrogen-bond acceptors (Lipinski definition) is 6. The first-order valence-corrected chi connectivity index (χ1v) is 8.99. The Balaban J connectivity index is 0.00000117. The van der Waals surface area contributed by atoms with Gasteiger partial charge in [-0.3, -0.25) is 9.80 Å². The SMILES string of the molecule is C=C.C=COCCCN1COc2cc3c(cc2C1)OCN(CCCO)C3. The molecule has 6 nitrogen and oxygen atoms in total. The van der Waals surface area contributed by atoms with E-state index in [-0.39, 0.29) is 6.61 Å². The Morgan fingerprint density at radius 3 is 2.04 bits per heavy atom. The molecule has 3 rings (SSSR count). The number of hydrogen-bond donors (Lipinski definition) is 1. The van der Waals surface area contributed by atoms with Gasteiger partial charge in [0.05, 0.1) is 12.9 Å². The van der Waals surface area contributed by atoms with E-state index in [1.807, 2.05) is 0 Å². The fourth-order valence-corrected chi connectivity index (χ4v) is 3.09. The molecule has 2 aliphatic rings. The molecule has 0 saturated heterocycles. The van der Waals surface area contributed by atoms with E-state index in [1.54, 1.807) is 0 Å². The van der Waals surface area contributed by atoms with Crippen LogP contribution >= 0.6 is 0 Å². The molecule has 1 aromatic carbocycles. The second-order valence-corrected chi connectivity index (χ2v) is 6.19. The average Bonchev–Trinajstić information content (AvgIpc) is 2.69. The fourth-order valence-electron chi connectivity index (χ4n) is 3.09. The third kappa shape index (κ3) is 5.49. The molecule has 0 saturated carbocycles. The lowest BCUT2D eigenvalue weighted by Gasteiger charge is -2.33. The van der Waals surface area contributed by atoms with Gasteiger partial charge in [-0.25, -0.2) is 0 Å². The number of nitrogens with zero attached hydrogens (tertiary/aromatic N) is 2. The predicted molar refractivity (Wildman–Crippen MR) is 102 cm³/mol. The molecule has 2 heterocycles. The van der Waals surface area contributed by atoms with Crippen LogP contribution in [0.3, 0.4) is 0 Å². The molecule has 0 aliphatic carbocycles. The molecule has 0 atom stereocenters. The van der Waals surface area contributed by atoms with E-state index in [2.05, 4.69) is 41.7 Å². The summed E-state index contributed by atoms with van der Waals surface area (Å²) in [6, 6.07) is 4.22. The van der Waals surface area contributed by atoms with Crippen molar-refractivity contribution in [3.8, 4) is 11.5 Å². The van der Waals surface area contributed by atoms with Gasteiger partial charge in [0, 0.05) is 43.9 Å². The van der Waals surface area contributed by atoms with Gasteiger partial charge in [0.2, 0.25) is 0 Å². The highest BCUT2D eigenvalue weighted by Gasteiger charge is 2.23. The molecular weight excluding hydrogens is 332 g/mol. The summed E-state index contributed by atoms with van der Waals surface area (Å²) in [4.78, 5) is 4.46. The first-order valence-electron chi connectivity index (χ1n) is 8.99. The van der Waals surface area contributed by atoms with E-state index in [4.69, 9.17) is 19.3 Å². The molecule has 1 aromatic rings. The Morgan fingerprint density at radius 1 is 1.00 bits per heavy atom. The summed E-state index contributed by atoms with van der Waals surface area (Å²) in [5.41, 5.74) is 2.33. The Kier molecular flexibility index (Phi) is 8.47. The number of fused-ring (bicyclic) bond motifs is 2. The van der Waals surface area contributed by atoms with Crippen LogP contribution in [0.4, 0.5) is 0 Å². The van der Waals surface area contributed by atoms with Crippen molar-refractivity contribution < 1.29 is 19.3 Å². The van der Waals surface area contributed by atoms with Gasteiger partial charge in [0.25, 0.3) is 0 Å². The maximum Gasteiger partial charge on any atom is 0.142 e. The van der Waals surface area contributed by atoms with Crippen LogP contribution in [-0.2, 0) is 17.8 Å². The minimum Gasteiger partial charge on any atom is -0.502 e. The van der Waals surface area contributed by atoms with Gasteiger partial charge in [-0.15, -0.1) is 13.2 Å². The number of aliphatic hydroxyl groups is 1. The molecule has 1 N–H and O–H groups in total. The number of rotatable bonds is 8. The molecule has 0 unspecified atom stereocenters. The van der Waals surface area contributed by atoms with Crippen molar-refractivity contribution in [3.05, 3.63) is 49.3 Å². The highest BCUT2D eigenvalue weighted by Crippen LogP contribution is 2.35. The summed E-state index contributed by atoms with van der Waals surface area (Å²) in [6.45, 7) is 15.1. The zero-order valence-electron chi connectivity index (χ0n) is 15.5. The third-order valence-electron chi connectivity index (χ3n) is 4.32. The summed E-state index contributed by atoms with van der Waals surface area (Å²) in [5, 5.41) is 8.96. The molecule has 0 radical (unpaired) electrons. The monoisotopic (exact) mass is 362 g/mol. The highest BCUT2D eigenvalue weighted by atomic mass is 16.5. The standard InChI is InChI=1S/C18H26N2O4.C2H4/c1-2-22-8-4-6-20-12-16-10-17-15(9-18(16)24-14-20)11-19(13-23-17)5-3-7-21;1-2/h2,9-10,21H,1,3-8,11-14H2;1-2H2. The van der Waals surface area contributed by atoms with Crippen LogP contribution in [0.15, 0.2) is 38.1 Å². The van der Waals surface area contributed by atoms with E-state index in [1.165, 1.54) is 11.8 Å². The van der Waals surface area contributed by atoms with Crippen LogP contribution in [-0.4, -0.2) is 54.7 Å². The molecule has 2 aliphatic heterocycles. The fraction of sp³-hybridized carbons (Fsp3) is 0.500. The molecule has 144 valence electrons. The van der Waals surface area contributed by atoms with Crippen molar-refractivity contribution in [3.63, 3.8) is 0 Å². The lowest BCUT2D eigenvalue weighted by Crippen LogP contribution is -2.35. The molecule has 0 bridgehead atoms. The van der Waals surface area contributed by atoms with Crippen molar-refractivity contribution in [2.75, 3.05) is 39.8 Å². The van der Waals surface area contributed by atoms with Crippen molar-refractivity contribution in [1.29, 1.82) is 0 Å². The van der Waals surface area contributed by atoms with Gasteiger partial charge in [0.1, 0.15) is 25.0 Å². The summed E-state index contributed by atoms with van der Waals surface area (Å²) in [6.07, 6.45) is 3.20. The lowest BCUT2D eigenvalue weighted by atomic mass is 10.1. The number of ether oxygens (including phenoxy) is 3. The minimum absolute atomic E-state index is 0.213. The first-order chi connectivity index (χ1) is 12.8. The molecular formula is C20H30N2O4. The van der Waals surface area contributed by atoms with Gasteiger partial charge < -0.3 is 19.3 Å². The summed E-state index contributed by atoms with van der Waals surface area (Å²) >= 11 is 0. The van der Waals surface area contributed by atoms with Crippen molar-refractivity contribution in [2.24, 2.45) is 0 Å². The zero-order chi connectivity index (χ0) is 18.8. The molecule has 0 amide bonds. The van der Waals surface area contributed by atoms with E-state index < -0.39 is 0 Å². The average molecular weight is 362 g/mol. The smallest absolute Gasteiger partial charge is 0.142 e. The van der Waals surface area contributed by atoms with Crippen LogP contribution in [0.2, 0.25) is 0 Å². The predicted octanol–water partition coefficient (Wildman–Crippen LogP) is 2.73. The summed E-state index contributed by atoms with van der Waals surface area (Å²) in [7, 11) is 0. The molecule has 6 heteroatoms. The van der Waals surface area contributed by atoms with E-state index >= 15 is 0 Å². The Bertz CT molecular complexity index is 579. The van der Waals surface area contributed by atoms with Crippen LogP contribution in [0.25, 0.3) is 0 Å². The van der Waals surface area contributed by atoms with Crippen molar-refractivity contribution >= 4 is 0 Å². The molecule has 0 spiro atoms. The van der Waals surface area contributed by atoms with Gasteiger partial charge in [-0.2, -0.15) is 0 Å². The van der Waals surface area contributed by atoms with Gasteiger partial charge in [0.15, 0.2) is 0 Å². The largest absolute Gasteiger partial charge is 0.502 e. The van der Waals surface area contributed by atoms with E-state index in [0.29, 0.717) is 20.1 Å². The summed E-state index contributed by atoms with van der Waals surface area (Å²) < 4.78 is 17.0. The Labute approximate surface area is 156 Å². The van der Waals surface area contributed by atoms with Crippen molar-refractivity contribution in [1.82, 2.24) is 9.80 Å². The Hall–Kier alpha value is -2.02. The van der Waals surface area contributed by atoms with Crippen molar-refractivity contribution in [2.45, 2.75) is 25.9 Å². The number of benzene rings is 1. The summed E-state index contributed by atoms with van der Waals surface area (Å²) in [5.74, 6) is 1.91. The minimum atomic E-state index is 0.213. The molecule has 0 aromatic heterocycles. The quantitative estimate of drug-likeness (QED) is 0.436. The second kappa shape index (κ2) is 10.9. The lowest BCUT2D eigenvalue weighted by molar-refractivity contribution is 0.0780. The topological polar surface area (TPSA) is 54.4 Å². The Morgan fingerprint density at radius 2 is 1.54 bits per heavy atom. The molecule has 0 fully saturated rings. The van der Waals surface area contributed by atoms with Crippen LogP contribution < -0.4 is 9.47 Å². The van der Waals surface area contributed by atoms with Crippen LogP contribution in [0, 0.1) is 0 Å². The third-order valence-corrected chi connectivity index (χ3v) is 4.32. The second-order valence-electron chi connectivity index (χ2n) is 6.19. The maximum absolute atomic E-state index is 8.96. The van der Waals surface area contributed by atoms with Gasteiger partial charge >= 0.3 is 0 Å². The highest BCUT2D eigenvalue weighted by molar-refractivity contribution is 5.47. The van der Waals surface area contributed by atoms with E-state index in [9.17, 15) is 0 Å². The normalized spacial score (nSPS) is 16.2. The zero-order valence-corrected chi connectivity index (χ0v) is 15.5. The maximum atomic E-state index is 8.96. The van der Waals surface area contributed by atoms with Crippen LogP contribution in [0.1, 0.15) is 24.0 Å². The van der Waals surface area contributed by atoms with Crippen LogP contribution in [0.5, 0.6) is 11.5 Å². The van der Waals surface area contributed by atoms with Gasteiger partial charge in [-0.1, -0.05) is 6.58 Å². The van der Waals surface area contributed by atoms with Gasteiger partial charge in [-0.05, 0) is 25.0 Å². The molecule has 26 heavy (non-hydrogen) atoms.